The third kappa shape index (κ3) is 4.18. The molecular weight excluding hydrogens is 422 g/mol. The van der Waals surface area contributed by atoms with Crippen LogP contribution < -0.4 is 11.0 Å². The number of anilines is 1. The van der Waals surface area contributed by atoms with Crippen LogP contribution in [-0.2, 0) is 0 Å². The first kappa shape index (κ1) is 20.9. The Morgan fingerprint density at radius 2 is 1.62 bits per heavy atom. The quantitative estimate of drug-likeness (QED) is 0.275. The molecule has 0 aliphatic carbocycles. The molecular formula is C28H19N5O. The van der Waals surface area contributed by atoms with Gasteiger partial charge in [0.15, 0.2) is 0 Å². The average Bonchev–Trinajstić information content (AvgIpc) is 2.89. The van der Waals surface area contributed by atoms with E-state index in [0.717, 1.165) is 16.7 Å². The van der Waals surface area contributed by atoms with Gasteiger partial charge in [-0.1, -0.05) is 91.0 Å². The van der Waals surface area contributed by atoms with Crippen molar-refractivity contribution in [2.45, 2.75) is 0 Å². The molecule has 162 valence electrons. The molecule has 34 heavy (non-hydrogen) atoms. The molecule has 0 aliphatic heterocycles. The van der Waals surface area contributed by atoms with Gasteiger partial charge in [-0.3, -0.25) is 9.78 Å². The Bertz CT molecular complexity index is 1610. The van der Waals surface area contributed by atoms with E-state index >= 15 is 0 Å². The highest BCUT2D eigenvalue weighted by molar-refractivity contribution is 5.97. The summed E-state index contributed by atoms with van der Waals surface area (Å²) in [6, 6.07) is 33.6. The fraction of sp³-hybridized carbons (Fsp3) is 0. The van der Waals surface area contributed by atoms with Crippen molar-refractivity contribution in [1.29, 1.82) is 5.26 Å². The number of rotatable bonds is 5. The van der Waals surface area contributed by atoms with E-state index in [1.54, 1.807) is 18.3 Å². The van der Waals surface area contributed by atoms with Crippen molar-refractivity contribution >= 4 is 22.9 Å². The van der Waals surface area contributed by atoms with Gasteiger partial charge < -0.3 is 0 Å². The van der Waals surface area contributed by atoms with Crippen LogP contribution >= 0.6 is 0 Å². The molecule has 1 aromatic heterocycles. The molecule has 6 heteroatoms. The number of hydrogen-bond donors (Lipinski definition) is 2. The largest absolute Gasteiger partial charge is 0.290 e. The van der Waals surface area contributed by atoms with Gasteiger partial charge in [0.1, 0.15) is 11.6 Å². The van der Waals surface area contributed by atoms with Crippen LogP contribution in [0.5, 0.6) is 0 Å². The van der Waals surface area contributed by atoms with Crippen LogP contribution in [-0.4, -0.2) is 16.2 Å². The Balaban J connectivity index is 1.43. The van der Waals surface area contributed by atoms with E-state index < -0.39 is 5.56 Å². The second kappa shape index (κ2) is 9.23. The zero-order valence-electron chi connectivity index (χ0n) is 18.1. The Kier molecular flexibility index (Phi) is 5.66. The van der Waals surface area contributed by atoms with Crippen LogP contribution in [0, 0.1) is 11.3 Å². The monoisotopic (exact) mass is 441 g/mol. The second-order valence-corrected chi connectivity index (χ2v) is 7.64. The van der Waals surface area contributed by atoms with Crippen molar-refractivity contribution in [3.8, 4) is 28.5 Å². The van der Waals surface area contributed by atoms with Gasteiger partial charge in [0.05, 0.1) is 11.9 Å². The molecule has 5 rings (SSSR count). The Hall–Kier alpha value is -5.02. The highest BCUT2D eigenvalue weighted by atomic mass is 16.1. The van der Waals surface area contributed by atoms with Crippen molar-refractivity contribution in [2.24, 2.45) is 5.10 Å². The minimum Gasteiger partial charge on any atom is -0.290 e. The minimum atomic E-state index is -0.521. The number of H-pyrrole nitrogens is 1. The Morgan fingerprint density at radius 1 is 0.882 bits per heavy atom. The van der Waals surface area contributed by atoms with E-state index in [1.165, 1.54) is 10.8 Å². The van der Waals surface area contributed by atoms with Crippen molar-refractivity contribution < 1.29 is 0 Å². The summed E-state index contributed by atoms with van der Waals surface area (Å²) in [7, 11) is 0. The molecule has 5 aromatic rings. The predicted molar refractivity (Wildman–Crippen MR) is 136 cm³/mol. The van der Waals surface area contributed by atoms with Gasteiger partial charge in [-0.25, -0.2) is 10.4 Å². The number of hydrazone groups is 1. The van der Waals surface area contributed by atoms with Crippen molar-refractivity contribution in [1.82, 2.24) is 9.97 Å². The zero-order valence-corrected chi connectivity index (χ0v) is 18.1. The van der Waals surface area contributed by atoms with Gasteiger partial charge in [0.2, 0.25) is 5.95 Å². The molecule has 0 spiro atoms. The van der Waals surface area contributed by atoms with E-state index in [2.05, 4.69) is 63.0 Å². The van der Waals surface area contributed by atoms with Gasteiger partial charge in [0.25, 0.3) is 5.56 Å². The van der Waals surface area contributed by atoms with Gasteiger partial charge in [-0.05, 0) is 33.5 Å². The average molecular weight is 441 g/mol. The van der Waals surface area contributed by atoms with E-state index in [1.807, 2.05) is 48.5 Å². The lowest BCUT2D eigenvalue weighted by Crippen LogP contribution is -2.16. The van der Waals surface area contributed by atoms with Crippen LogP contribution in [0.15, 0.2) is 107 Å². The summed E-state index contributed by atoms with van der Waals surface area (Å²) in [5.74, 6) is 0.157. The molecule has 0 radical (unpaired) electrons. The molecule has 6 nitrogen and oxygen atoms in total. The van der Waals surface area contributed by atoms with Crippen LogP contribution in [0.3, 0.4) is 0 Å². The number of nitrogens with zero attached hydrogens (tertiary/aromatic N) is 3. The predicted octanol–water partition coefficient (Wildman–Crippen LogP) is 5.57. The van der Waals surface area contributed by atoms with Crippen LogP contribution in [0.25, 0.3) is 33.2 Å². The normalized spacial score (nSPS) is 10.9. The Morgan fingerprint density at radius 3 is 2.47 bits per heavy atom. The first-order valence-electron chi connectivity index (χ1n) is 10.7. The van der Waals surface area contributed by atoms with Gasteiger partial charge in [-0.2, -0.15) is 10.4 Å². The summed E-state index contributed by atoms with van der Waals surface area (Å²) in [6.07, 6.45) is 1.66. The Labute approximate surface area is 195 Å². The SMILES string of the molecule is N#Cc1c(-c2ccccc2)nc(NN=Cc2cccc(-c3cccc4ccccc34)c2)[nH]c1=O. The smallest absolute Gasteiger partial charge is 0.270 e. The number of nitriles is 1. The maximum Gasteiger partial charge on any atom is 0.270 e. The van der Waals surface area contributed by atoms with E-state index in [0.29, 0.717) is 11.3 Å². The summed E-state index contributed by atoms with van der Waals surface area (Å²) in [5.41, 5.74) is 6.32. The molecule has 0 amide bonds. The standard InChI is InChI=1S/C28H19N5O/c29-17-25-26(21-10-2-1-3-11-21)31-28(32-27(25)34)33-30-18-19-8-6-13-22(16-19)24-15-7-12-20-9-4-5-14-23(20)24/h1-16,18H,(H2,31,32,33,34). The number of aromatic nitrogens is 2. The summed E-state index contributed by atoms with van der Waals surface area (Å²) in [6.45, 7) is 0. The number of fused-ring (bicyclic) bond motifs is 1. The first-order chi connectivity index (χ1) is 16.7. The minimum absolute atomic E-state index is 0.0384. The maximum atomic E-state index is 12.4. The van der Waals surface area contributed by atoms with Crippen LogP contribution in [0.1, 0.15) is 11.1 Å². The fourth-order valence-electron chi connectivity index (χ4n) is 3.87. The molecule has 0 aliphatic rings. The summed E-state index contributed by atoms with van der Waals surface area (Å²) in [5, 5.41) is 16.0. The number of nitrogens with one attached hydrogen (secondary N) is 2. The summed E-state index contributed by atoms with van der Waals surface area (Å²) < 4.78 is 0. The van der Waals surface area contributed by atoms with Crippen molar-refractivity contribution in [3.05, 3.63) is 119 Å². The van der Waals surface area contributed by atoms with Crippen LogP contribution in [0.4, 0.5) is 5.95 Å². The summed E-state index contributed by atoms with van der Waals surface area (Å²) in [4.78, 5) is 19.4. The third-order valence-corrected chi connectivity index (χ3v) is 5.45. The number of hydrogen-bond acceptors (Lipinski definition) is 5. The molecule has 0 fully saturated rings. The van der Waals surface area contributed by atoms with Gasteiger partial charge >= 0.3 is 0 Å². The van der Waals surface area contributed by atoms with Gasteiger partial charge in [-0.15, -0.1) is 0 Å². The van der Waals surface area contributed by atoms with Gasteiger partial charge in [0, 0.05) is 5.56 Å². The molecule has 2 N–H and O–H groups in total. The number of aromatic amines is 1. The number of benzene rings is 4. The zero-order chi connectivity index (χ0) is 23.3. The lowest BCUT2D eigenvalue weighted by atomic mass is 9.97. The second-order valence-electron chi connectivity index (χ2n) is 7.64. The molecule has 1 heterocycles. The van der Waals surface area contributed by atoms with Crippen molar-refractivity contribution in [3.63, 3.8) is 0 Å². The lowest BCUT2D eigenvalue weighted by molar-refractivity contribution is 1.08. The summed E-state index contributed by atoms with van der Waals surface area (Å²) >= 11 is 0. The highest BCUT2D eigenvalue weighted by Gasteiger charge is 2.12. The third-order valence-electron chi connectivity index (χ3n) is 5.45. The molecule has 4 aromatic carbocycles. The van der Waals surface area contributed by atoms with E-state index in [4.69, 9.17) is 0 Å². The molecule has 0 saturated heterocycles. The molecule has 0 saturated carbocycles. The topological polar surface area (TPSA) is 93.9 Å². The molecule has 0 unspecified atom stereocenters. The highest BCUT2D eigenvalue weighted by Crippen LogP contribution is 2.28. The maximum absolute atomic E-state index is 12.4. The molecule has 0 atom stereocenters. The first-order valence-corrected chi connectivity index (χ1v) is 10.7. The molecule has 0 bridgehead atoms. The van der Waals surface area contributed by atoms with E-state index in [9.17, 15) is 10.1 Å². The lowest BCUT2D eigenvalue weighted by Gasteiger charge is -2.08. The van der Waals surface area contributed by atoms with Crippen molar-refractivity contribution in [2.75, 3.05) is 5.43 Å². The van der Waals surface area contributed by atoms with E-state index in [-0.39, 0.29) is 11.5 Å². The van der Waals surface area contributed by atoms with Crippen LogP contribution in [0.2, 0.25) is 0 Å². The fourth-order valence-corrected chi connectivity index (χ4v) is 3.87.